The van der Waals surface area contributed by atoms with Crippen LogP contribution in [0, 0.1) is 0 Å². The molecule has 0 heterocycles. The van der Waals surface area contributed by atoms with Gasteiger partial charge in [-0.3, -0.25) is 4.90 Å². The van der Waals surface area contributed by atoms with Crippen molar-refractivity contribution in [1.82, 2.24) is 10.2 Å². The van der Waals surface area contributed by atoms with Gasteiger partial charge < -0.3 is 10.1 Å². The SMILES string of the molecule is CCNC1c2ccccc2CCCC1N(C)CCOC. The first kappa shape index (κ1) is 15.5. The second kappa shape index (κ2) is 7.77. The van der Waals surface area contributed by atoms with Crippen LogP contribution in [0.5, 0.6) is 0 Å². The highest BCUT2D eigenvalue weighted by molar-refractivity contribution is 5.32. The lowest BCUT2D eigenvalue weighted by molar-refractivity contribution is 0.119. The molecule has 0 aliphatic heterocycles. The molecule has 0 saturated carbocycles. The fraction of sp³-hybridized carbons (Fsp3) is 0.647. The molecule has 0 saturated heterocycles. The van der Waals surface area contributed by atoms with Crippen molar-refractivity contribution in [1.29, 1.82) is 0 Å². The monoisotopic (exact) mass is 276 g/mol. The lowest BCUT2D eigenvalue weighted by Crippen LogP contribution is -2.43. The van der Waals surface area contributed by atoms with Crippen LogP contribution in [0.3, 0.4) is 0 Å². The Hall–Kier alpha value is -0.900. The summed E-state index contributed by atoms with van der Waals surface area (Å²) in [5.41, 5.74) is 3.00. The number of aryl methyl sites for hydroxylation is 1. The summed E-state index contributed by atoms with van der Waals surface area (Å²) in [6.45, 7) is 4.99. The Bertz CT molecular complexity index is 408. The molecule has 2 atom stereocenters. The third kappa shape index (κ3) is 3.60. The zero-order valence-electron chi connectivity index (χ0n) is 13.1. The molecule has 0 aromatic heterocycles. The molecule has 3 nitrogen and oxygen atoms in total. The first-order valence-corrected chi connectivity index (χ1v) is 7.78. The van der Waals surface area contributed by atoms with Crippen LogP contribution >= 0.6 is 0 Å². The van der Waals surface area contributed by atoms with Gasteiger partial charge in [-0.15, -0.1) is 0 Å². The summed E-state index contributed by atoms with van der Waals surface area (Å²) < 4.78 is 5.24. The summed E-state index contributed by atoms with van der Waals surface area (Å²) in [4.78, 5) is 2.46. The van der Waals surface area contributed by atoms with E-state index in [1.54, 1.807) is 7.11 Å². The van der Waals surface area contributed by atoms with Crippen molar-refractivity contribution < 1.29 is 4.74 Å². The van der Waals surface area contributed by atoms with E-state index in [1.807, 2.05) is 0 Å². The minimum absolute atomic E-state index is 0.431. The number of benzene rings is 1. The van der Waals surface area contributed by atoms with Gasteiger partial charge in [-0.25, -0.2) is 0 Å². The minimum Gasteiger partial charge on any atom is -0.383 e. The summed E-state index contributed by atoms with van der Waals surface area (Å²) in [7, 11) is 4.00. The van der Waals surface area contributed by atoms with Gasteiger partial charge in [-0.2, -0.15) is 0 Å². The van der Waals surface area contributed by atoms with Crippen LogP contribution in [0.1, 0.15) is 36.9 Å². The summed E-state index contributed by atoms with van der Waals surface area (Å²) in [6.07, 6.45) is 3.71. The van der Waals surface area contributed by atoms with Crippen LogP contribution in [0.15, 0.2) is 24.3 Å². The molecule has 2 unspecified atom stereocenters. The number of fused-ring (bicyclic) bond motifs is 1. The Morgan fingerprint density at radius 1 is 1.35 bits per heavy atom. The van der Waals surface area contributed by atoms with Gasteiger partial charge >= 0.3 is 0 Å². The third-order valence-electron chi connectivity index (χ3n) is 4.36. The highest BCUT2D eigenvalue weighted by atomic mass is 16.5. The van der Waals surface area contributed by atoms with Crippen molar-refractivity contribution in [2.75, 3.05) is 33.9 Å². The molecule has 1 aliphatic rings. The maximum Gasteiger partial charge on any atom is 0.0589 e. The number of ether oxygens (including phenoxy) is 1. The standard InChI is InChI=1S/C17H28N2O/c1-4-18-17-15-10-6-5-8-14(15)9-7-11-16(17)19(2)12-13-20-3/h5-6,8,10,16-18H,4,7,9,11-13H2,1-3H3. The summed E-state index contributed by atoms with van der Waals surface area (Å²) in [5.74, 6) is 0. The molecule has 0 spiro atoms. The zero-order valence-corrected chi connectivity index (χ0v) is 13.1. The van der Waals surface area contributed by atoms with E-state index in [4.69, 9.17) is 4.74 Å². The fourth-order valence-corrected chi connectivity index (χ4v) is 3.28. The Kier molecular flexibility index (Phi) is 6.02. The number of rotatable bonds is 6. The van der Waals surface area contributed by atoms with E-state index in [0.29, 0.717) is 12.1 Å². The molecular weight excluding hydrogens is 248 g/mol. The summed E-state index contributed by atoms with van der Waals surface area (Å²) in [6, 6.07) is 9.90. The largest absolute Gasteiger partial charge is 0.383 e. The van der Waals surface area contributed by atoms with Crippen molar-refractivity contribution in [3.63, 3.8) is 0 Å². The maximum absolute atomic E-state index is 5.24. The average Bonchev–Trinajstić information content (AvgIpc) is 2.65. The van der Waals surface area contributed by atoms with E-state index in [2.05, 4.69) is 48.5 Å². The van der Waals surface area contributed by atoms with Crippen LogP contribution in [-0.4, -0.2) is 44.8 Å². The molecule has 20 heavy (non-hydrogen) atoms. The molecule has 3 heteroatoms. The number of nitrogens with one attached hydrogen (secondary N) is 1. The Morgan fingerprint density at radius 3 is 2.90 bits per heavy atom. The molecule has 1 aromatic rings. The first-order valence-electron chi connectivity index (χ1n) is 7.78. The molecule has 0 amide bonds. The molecule has 112 valence electrons. The van der Waals surface area contributed by atoms with E-state index in [-0.39, 0.29) is 0 Å². The molecule has 1 aliphatic carbocycles. The van der Waals surface area contributed by atoms with Gasteiger partial charge in [-0.1, -0.05) is 31.2 Å². The van der Waals surface area contributed by atoms with Crippen LogP contribution in [0.25, 0.3) is 0 Å². The van der Waals surface area contributed by atoms with Gasteiger partial charge in [0.15, 0.2) is 0 Å². The lowest BCUT2D eigenvalue weighted by atomic mass is 9.95. The molecule has 2 rings (SSSR count). The van der Waals surface area contributed by atoms with Gasteiger partial charge in [0.25, 0.3) is 0 Å². The normalized spacial score (nSPS) is 22.6. The number of nitrogens with zero attached hydrogens (tertiary/aromatic N) is 1. The number of likely N-dealkylation sites (N-methyl/N-ethyl adjacent to an activating group) is 2. The summed E-state index contributed by atoms with van der Waals surface area (Å²) >= 11 is 0. The predicted octanol–water partition coefficient (Wildman–Crippen LogP) is 2.62. The highest BCUT2D eigenvalue weighted by Gasteiger charge is 2.29. The van der Waals surface area contributed by atoms with E-state index in [0.717, 1.165) is 19.7 Å². The topological polar surface area (TPSA) is 24.5 Å². The van der Waals surface area contributed by atoms with Gasteiger partial charge in [0.2, 0.25) is 0 Å². The number of hydrogen-bond acceptors (Lipinski definition) is 3. The van der Waals surface area contributed by atoms with Gasteiger partial charge in [0, 0.05) is 25.7 Å². The van der Waals surface area contributed by atoms with Gasteiger partial charge in [0.1, 0.15) is 0 Å². The molecule has 0 bridgehead atoms. The molecule has 0 fully saturated rings. The zero-order chi connectivity index (χ0) is 14.4. The number of hydrogen-bond donors (Lipinski definition) is 1. The van der Waals surface area contributed by atoms with Crippen molar-refractivity contribution in [3.05, 3.63) is 35.4 Å². The van der Waals surface area contributed by atoms with E-state index in [1.165, 1.54) is 30.4 Å². The lowest BCUT2D eigenvalue weighted by Gasteiger charge is -2.34. The fourth-order valence-electron chi connectivity index (χ4n) is 3.28. The van der Waals surface area contributed by atoms with Crippen molar-refractivity contribution in [3.8, 4) is 0 Å². The Labute approximate surface area is 123 Å². The van der Waals surface area contributed by atoms with Crippen molar-refractivity contribution >= 4 is 0 Å². The second-order valence-electron chi connectivity index (χ2n) is 5.67. The summed E-state index contributed by atoms with van der Waals surface area (Å²) in [5, 5.41) is 3.71. The average molecular weight is 276 g/mol. The van der Waals surface area contributed by atoms with Crippen molar-refractivity contribution in [2.24, 2.45) is 0 Å². The van der Waals surface area contributed by atoms with Gasteiger partial charge in [0.05, 0.1) is 6.61 Å². The quantitative estimate of drug-likeness (QED) is 0.808. The van der Waals surface area contributed by atoms with Crippen molar-refractivity contribution in [2.45, 2.75) is 38.3 Å². The van der Waals surface area contributed by atoms with E-state index >= 15 is 0 Å². The third-order valence-corrected chi connectivity index (χ3v) is 4.36. The van der Waals surface area contributed by atoms with Crippen LogP contribution in [0.2, 0.25) is 0 Å². The van der Waals surface area contributed by atoms with Gasteiger partial charge in [-0.05, 0) is 44.0 Å². The van der Waals surface area contributed by atoms with E-state index < -0.39 is 0 Å². The second-order valence-corrected chi connectivity index (χ2v) is 5.67. The maximum atomic E-state index is 5.24. The smallest absolute Gasteiger partial charge is 0.0589 e. The Balaban J connectivity index is 2.22. The number of methoxy groups -OCH3 is 1. The Morgan fingerprint density at radius 2 is 2.15 bits per heavy atom. The van der Waals surface area contributed by atoms with Crippen LogP contribution in [-0.2, 0) is 11.2 Å². The van der Waals surface area contributed by atoms with Crippen LogP contribution < -0.4 is 5.32 Å². The first-order chi connectivity index (χ1) is 9.77. The molecule has 1 aromatic carbocycles. The predicted molar refractivity (Wildman–Crippen MR) is 84.1 cm³/mol. The highest BCUT2D eigenvalue weighted by Crippen LogP contribution is 2.31. The van der Waals surface area contributed by atoms with Crippen LogP contribution in [0.4, 0.5) is 0 Å². The molecule has 0 radical (unpaired) electrons. The molecule has 1 N–H and O–H groups in total. The molecular formula is C17H28N2O. The minimum atomic E-state index is 0.431. The van der Waals surface area contributed by atoms with E-state index in [9.17, 15) is 0 Å².